The Morgan fingerprint density at radius 2 is 2.12 bits per heavy atom. The number of nitrogens with two attached hydrogens (primary N) is 1. The van der Waals surface area contributed by atoms with Crippen molar-refractivity contribution < 1.29 is 9.13 Å². The van der Waals surface area contributed by atoms with Gasteiger partial charge in [-0.1, -0.05) is 0 Å². The van der Waals surface area contributed by atoms with Crippen molar-refractivity contribution in [2.24, 2.45) is 0 Å². The zero-order valence-electron chi connectivity index (χ0n) is 10.0. The van der Waals surface area contributed by atoms with Crippen molar-refractivity contribution in [2.75, 3.05) is 30.9 Å². The maximum absolute atomic E-state index is 12.9. The Labute approximate surface area is 96.0 Å². The third-order valence-corrected chi connectivity index (χ3v) is 2.46. The molecule has 2 N–H and O–H groups in total. The molecule has 1 rings (SSSR count). The second kappa shape index (κ2) is 5.70. The molecule has 16 heavy (non-hydrogen) atoms. The fourth-order valence-corrected chi connectivity index (χ4v) is 1.63. The van der Waals surface area contributed by atoms with Crippen molar-refractivity contribution in [1.29, 1.82) is 0 Å². The van der Waals surface area contributed by atoms with Crippen molar-refractivity contribution in [3.8, 4) is 0 Å². The molecule has 0 aliphatic rings. The molecule has 4 heteroatoms. The van der Waals surface area contributed by atoms with Crippen LogP contribution in [0.2, 0.25) is 0 Å². The van der Waals surface area contributed by atoms with Gasteiger partial charge in [0.25, 0.3) is 0 Å². The van der Waals surface area contributed by atoms with Crippen LogP contribution < -0.4 is 10.6 Å². The van der Waals surface area contributed by atoms with Gasteiger partial charge in [0.15, 0.2) is 0 Å². The van der Waals surface area contributed by atoms with Gasteiger partial charge in [0.2, 0.25) is 0 Å². The van der Waals surface area contributed by atoms with Crippen molar-refractivity contribution in [1.82, 2.24) is 0 Å². The lowest BCUT2D eigenvalue weighted by Crippen LogP contribution is -2.34. The van der Waals surface area contributed by atoms with Crippen LogP contribution in [0.1, 0.15) is 13.8 Å². The number of hydrogen-bond donors (Lipinski definition) is 1. The minimum atomic E-state index is -0.309. The van der Waals surface area contributed by atoms with E-state index in [4.69, 9.17) is 10.5 Å². The van der Waals surface area contributed by atoms with Crippen LogP contribution in [-0.2, 0) is 4.74 Å². The molecule has 0 fully saturated rings. The third-order valence-electron chi connectivity index (χ3n) is 2.46. The van der Waals surface area contributed by atoms with Gasteiger partial charge in [-0.3, -0.25) is 0 Å². The average Bonchev–Trinajstić information content (AvgIpc) is 2.20. The second-order valence-electron chi connectivity index (χ2n) is 3.98. The summed E-state index contributed by atoms with van der Waals surface area (Å²) in [5.41, 5.74) is 7.13. The minimum absolute atomic E-state index is 0.294. The second-order valence-corrected chi connectivity index (χ2v) is 3.98. The molecule has 0 aliphatic heterocycles. The molecule has 3 nitrogen and oxygen atoms in total. The number of methoxy groups -OCH3 is 1. The molecule has 1 aromatic carbocycles. The molecule has 0 aromatic heterocycles. The number of hydrogen-bond acceptors (Lipinski definition) is 3. The molecule has 90 valence electrons. The summed E-state index contributed by atoms with van der Waals surface area (Å²) < 4.78 is 18.0. The summed E-state index contributed by atoms with van der Waals surface area (Å²) in [7, 11) is 1.66. The Bertz CT molecular complexity index is 342. The van der Waals surface area contributed by atoms with Gasteiger partial charge >= 0.3 is 0 Å². The first-order valence-electron chi connectivity index (χ1n) is 5.37. The molecule has 0 atom stereocenters. The Morgan fingerprint density at radius 1 is 1.44 bits per heavy atom. The summed E-state index contributed by atoms with van der Waals surface area (Å²) in [6, 6.07) is 4.77. The van der Waals surface area contributed by atoms with E-state index < -0.39 is 0 Å². The topological polar surface area (TPSA) is 38.5 Å². The summed E-state index contributed by atoms with van der Waals surface area (Å²) in [5.74, 6) is -0.309. The quantitative estimate of drug-likeness (QED) is 0.783. The van der Waals surface area contributed by atoms with Gasteiger partial charge in [0.05, 0.1) is 18.0 Å². The van der Waals surface area contributed by atoms with Crippen LogP contribution in [-0.4, -0.2) is 26.3 Å². The van der Waals surface area contributed by atoms with Crippen molar-refractivity contribution in [2.45, 2.75) is 19.9 Å². The van der Waals surface area contributed by atoms with Gasteiger partial charge in [-0.2, -0.15) is 0 Å². The predicted octanol–water partition coefficient (Wildman–Crippen LogP) is 2.27. The fraction of sp³-hybridized carbons (Fsp3) is 0.500. The van der Waals surface area contributed by atoms with E-state index in [0.29, 0.717) is 18.3 Å². The van der Waals surface area contributed by atoms with E-state index in [1.165, 1.54) is 12.1 Å². The largest absolute Gasteiger partial charge is 0.397 e. The minimum Gasteiger partial charge on any atom is -0.397 e. The highest BCUT2D eigenvalue weighted by molar-refractivity contribution is 5.67. The molecule has 0 aliphatic carbocycles. The first kappa shape index (κ1) is 12.8. The summed E-state index contributed by atoms with van der Waals surface area (Å²) in [5, 5.41) is 0. The molecule has 0 radical (unpaired) electrons. The number of nitrogen functional groups attached to an aromatic ring is 1. The highest BCUT2D eigenvalue weighted by Gasteiger charge is 2.13. The summed E-state index contributed by atoms with van der Waals surface area (Å²) in [4.78, 5) is 2.10. The number of rotatable bonds is 5. The summed E-state index contributed by atoms with van der Waals surface area (Å²) in [6.45, 7) is 5.50. The summed E-state index contributed by atoms with van der Waals surface area (Å²) in [6.07, 6.45) is 0. The predicted molar refractivity (Wildman–Crippen MR) is 65.2 cm³/mol. The van der Waals surface area contributed by atoms with E-state index in [2.05, 4.69) is 18.7 Å². The van der Waals surface area contributed by atoms with Gasteiger partial charge in [0.1, 0.15) is 5.82 Å². The van der Waals surface area contributed by atoms with E-state index in [-0.39, 0.29) is 5.82 Å². The summed E-state index contributed by atoms with van der Waals surface area (Å²) >= 11 is 0. The fourth-order valence-electron chi connectivity index (χ4n) is 1.63. The molecule has 0 spiro atoms. The maximum atomic E-state index is 12.9. The lowest BCUT2D eigenvalue weighted by atomic mass is 10.2. The van der Waals surface area contributed by atoms with Crippen LogP contribution >= 0.6 is 0 Å². The first-order chi connectivity index (χ1) is 7.56. The monoisotopic (exact) mass is 226 g/mol. The Balaban J connectivity index is 2.92. The highest BCUT2D eigenvalue weighted by atomic mass is 19.1. The van der Waals surface area contributed by atoms with Crippen LogP contribution in [0.15, 0.2) is 18.2 Å². The van der Waals surface area contributed by atoms with E-state index in [0.717, 1.165) is 12.2 Å². The molecule has 0 saturated heterocycles. The molecule has 0 saturated carbocycles. The molecule has 0 heterocycles. The molecular weight excluding hydrogens is 207 g/mol. The molecule has 0 unspecified atom stereocenters. The standard InChI is InChI=1S/C12H19FN2O/c1-9(2)15(6-7-16-3)12-5-4-10(13)8-11(12)14/h4-5,8-9H,6-7,14H2,1-3H3. The van der Waals surface area contributed by atoms with E-state index in [1.807, 2.05) is 0 Å². The van der Waals surface area contributed by atoms with E-state index >= 15 is 0 Å². The smallest absolute Gasteiger partial charge is 0.125 e. The van der Waals surface area contributed by atoms with Crippen LogP contribution in [0.3, 0.4) is 0 Å². The number of anilines is 2. The van der Waals surface area contributed by atoms with Crippen LogP contribution in [0, 0.1) is 5.82 Å². The Kier molecular flexibility index (Phi) is 4.55. The average molecular weight is 226 g/mol. The number of halogens is 1. The van der Waals surface area contributed by atoms with Crippen molar-refractivity contribution in [3.63, 3.8) is 0 Å². The van der Waals surface area contributed by atoms with Gasteiger partial charge < -0.3 is 15.4 Å². The van der Waals surface area contributed by atoms with E-state index in [9.17, 15) is 4.39 Å². The molecular formula is C12H19FN2O. The number of ether oxygens (including phenoxy) is 1. The number of nitrogens with zero attached hydrogens (tertiary/aromatic N) is 1. The molecule has 0 amide bonds. The van der Waals surface area contributed by atoms with Crippen LogP contribution in [0.25, 0.3) is 0 Å². The van der Waals surface area contributed by atoms with Gasteiger partial charge in [0, 0.05) is 19.7 Å². The van der Waals surface area contributed by atoms with Crippen molar-refractivity contribution >= 4 is 11.4 Å². The Morgan fingerprint density at radius 3 is 2.62 bits per heavy atom. The first-order valence-corrected chi connectivity index (χ1v) is 5.37. The van der Waals surface area contributed by atoms with Gasteiger partial charge in [-0.05, 0) is 32.0 Å². The molecule has 1 aromatic rings. The number of benzene rings is 1. The van der Waals surface area contributed by atoms with Crippen LogP contribution in [0.5, 0.6) is 0 Å². The lowest BCUT2D eigenvalue weighted by molar-refractivity contribution is 0.204. The normalized spacial score (nSPS) is 10.8. The third kappa shape index (κ3) is 3.10. The van der Waals surface area contributed by atoms with Gasteiger partial charge in [-0.15, -0.1) is 0 Å². The SMILES string of the molecule is COCCN(c1ccc(F)cc1N)C(C)C. The lowest BCUT2D eigenvalue weighted by Gasteiger charge is -2.29. The maximum Gasteiger partial charge on any atom is 0.125 e. The van der Waals surface area contributed by atoms with Crippen LogP contribution in [0.4, 0.5) is 15.8 Å². The highest BCUT2D eigenvalue weighted by Crippen LogP contribution is 2.25. The zero-order valence-corrected chi connectivity index (χ0v) is 10.0. The van der Waals surface area contributed by atoms with Crippen molar-refractivity contribution in [3.05, 3.63) is 24.0 Å². The van der Waals surface area contributed by atoms with E-state index in [1.54, 1.807) is 13.2 Å². The van der Waals surface area contributed by atoms with Gasteiger partial charge in [-0.25, -0.2) is 4.39 Å². The Hall–Kier alpha value is -1.29. The molecule has 0 bridgehead atoms. The zero-order chi connectivity index (χ0) is 12.1.